The van der Waals surface area contributed by atoms with Gasteiger partial charge in [-0.15, -0.1) is 39.7 Å². The number of hydrogen-bond donors (Lipinski definition) is 0. The van der Waals surface area contributed by atoms with Crippen molar-refractivity contribution >= 4 is 41.8 Å². The van der Waals surface area contributed by atoms with Crippen LogP contribution >= 0.6 is 17.0 Å². The second kappa shape index (κ2) is 19.7. The Morgan fingerprint density at radius 2 is 0.850 bits per heavy atom. The summed E-state index contributed by atoms with van der Waals surface area (Å²) in [6.07, 6.45) is 1.83. The summed E-state index contributed by atoms with van der Waals surface area (Å²) in [6, 6.07) is 56.9. The molecule has 0 atom stereocenters. The first-order valence-corrected chi connectivity index (χ1v) is 28.7. The van der Waals surface area contributed by atoms with E-state index >= 15 is 0 Å². The minimum atomic E-state index is -2.32. The molecule has 0 fully saturated rings. The quantitative estimate of drug-likeness (QED) is 0.146. The van der Waals surface area contributed by atoms with Crippen molar-refractivity contribution in [1.29, 1.82) is 0 Å². The summed E-state index contributed by atoms with van der Waals surface area (Å²) in [5, 5.41) is 5.39. The minimum absolute atomic E-state index is 0.0384. The summed E-state index contributed by atoms with van der Waals surface area (Å²) in [7, 11) is 12.5. The van der Waals surface area contributed by atoms with Gasteiger partial charge in [0.25, 0.3) is 0 Å². The zero-order valence-electron chi connectivity index (χ0n) is 37.2. The van der Waals surface area contributed by atoms with Crippen molar-refractivity contribution in [2.45, 2.75) is 92.9 Å². The maximum Gasteiger partial charge on any atom is -0.172 e. The van der Waals surface area contributed by atoms with Crippen LogP contribution in [0.15, 0.2) is 158 Å². The van der Waals surface area contributed by atoms with Crippen molar-refractivity contribution in [2.75, 3.05) is 0 Å². The predicted octanol–water partition coefficient (Wildman–Crippen LogP) is 16.9. The Bertz CT molecular complexity index is 2470. The van der Waals surface area contributed by atoms with E-state index in [2.05, 4.69) is 184 Å². The molecule has 0 aromatic heterocycles. The number of rotatable bonds is 6. The van der Waals surface area contributed by atoms with Gasteiger partial charge >= 0.3 is 124 Å². The molecule has 0 bridgehead atoms. The molecule has 0 amide bonds. The van der Waals surface area contributed by atoms with Crippen LogP contribution in [0.1, 0.15) is 86.1 Å². The summed E-state index contributed by atoms with van der Waals surface area (Å²) in [5.41, 5.74) is 16.1. The van der Waals surface area contributed by atoms with E-state index in [9.17, 15) is 0 Å². The molecule has 0 radical (unpaired) electrons. The fraction of sp³-hybridized carbons (Fsp3) is 0.246. The normalized spacial score (nSPS) is 11.5. The zero-order chi connectivity index (χ0) is 43.2. The van der Waals surface area contributed by atoms with Gasteiger partial charge in [-0.3, -0.25) is 0 Å². The molecule has 0 saturated carbocycles. The summed E-state index contributed by atoms with van der Waals surface area (Å²) < 4.78 is 1.33. The van der Waals surface area contributed by atoms with E-state index in [0.29, 0.717) is 0 Å². The van der Waals surface area contributed by atoms with Gasteiger partial charge in [0.2, 0.25) is 0 Å². The molecule has 3 heteroatoms. The molecule has 0 aliphatic heterocycles. The van der Waals surface area contributed by atoms with Gasteiger partial charge in [-0.25, -0.2) is 12.1 Å². The van der Waals surface area contributed by atoms with Crippen molar-refractivity contribution in [2.24, 2.45) is 0 Å². The van der Waals surface area contributed by atoms with E-state index in [0.717, 1.165) is 12.8 Å². The fourth-order valence-electron chi connectivity index (χ4n) is 8.29. The predicted molar refractivity (Wildman–Crippen MR) is 263 cm³/mol. The molecule has 0 saturated heterocycles. The summed E-state index contributed by atoms with van der Waals surface area (Å²) in [4.78, 5) is 0. The molecule has 0 nitrogen and oxygen atoms in total. The van der Waals surface area contributed by atoms with Crippen LogP contribution in [0.4, 0.5) is 0 Å². The average Bonchev–Trinajstić information content (AvgIpc) is 3.88. The third-order valence-electron chi connectivity index (χ3n) is 11.0. The molecule has 8 aromatic carbocycles. The van der Waals surface area contributed by atoms with Crippen molar-refractivity contribution in [1.82, 2.24) is 0 Å². The molecule has 8 aromatic rings. The molecule has 0 heterocycles. The van der Waals surface area contributed by atoms with Crippen molar-refractivity contribution in [3.05, 3.63) is 202 Å². The summed E-state index contributed by atoms with van der Waals surface area (Å²) in [6.45, 7) is 22.8. The molecule has 308 valence electrons. The molecule has 0 unspecified atom stereocenters. The first kappa shape index (κ1) is 45.4. The summed E-state index contributed by atoms with van der Waals surface area (Å²) >= 11 is -2.32. The molecule has 0 aliphatic carbocycles. The Morgan fingerprint density at radius 3 is 1.15 bits per heavy atom. The number of benzene rings is 6. The first-order chi connectivity index (χ1) is 28.5. The molecule has 0 spiro atoms. The number of hydrogen-bond acceptors (Lipinski definition) is 0. The Hall–Kier alpha value is -4.13. The van der Waals surface area contributed by atoms with Crippen LogP contribution in [0, 0.1) is 27.7 Å². The Balaban J connectivity index is 0.000000216. The smallest absolute Gasteiger partial charge is 0.172 e. The van der Waals surface area contributed by atoms with Crippen molar-refractivity contribution in [3.8, 4) is 22.3 Å². The maximum atomic E-state index is 6.27. The van der Waals surface area contributed by atoms with Gasteiger partial charge in [-0.05, 0) is 71.9 Å². The van der Waals surface area contributed by atoms with Crippen LogP contribution < -0.4 is 0 Å². The molecular formula is C57H60Cl2Zr-2. The van der Waals surface area contributed by atoms with E-state index < -0.39 is 18.9 Å². The largest absolute Gasteiger partial charge is 0.214 e. The van der Waals surface area contributed by atoms with E-state index in [4.69, 9.17) is 17.0 Å². The van der Waals surface area contributed by atoms with Crippen LogP contribution in [0.2, 0.25) is 0 Å². The Kier molecular flexibility index (Phi) is 14.9. The molecule has 8 rings (SSSR count). The number of aryl methyl sites for hydroxylation is 4. The third kappa shape index (κ3) is 11.8. The second-order valence-corrected chi connectivity index (χ2v) is 27.2. The maximum absolute atomic E-state index is 6.27. The molecule has 60 heavy (non-hydrogen) atoms. The number of fused-ring (bicyclic) bond motifs is 3. The Morgan fingerprint density at radius 1 is 0.483 bits per heavy atom. The van der Waals surface area contributed by atoms with Gasteiger partial charge in [0.15, 0.2) is 0 Å². The van der Waals surface area contributed by atoms with E-state index in [-0.39, 0.29) is 10.8 Å². The van der Waals surface area contributed by atoms with Gasteiger partial charge in [0, 0.05) is 0 Å². The SMILES string of the molecule is Cc1cc(C)cc(-c2cc3[cH-]c4cc(-c5cc(C)cc(C)c5)c(C(C)(C)C)cc4c3cc2C(C)(C)C)c1.[Cl][Zr]([Cl])=[C](Cc1ccccc1)Cc1ccccc1.c1cc[cH-]c1. The molecule has 0 aliphatic rings. The van der Waals surface area contributed by atoms with Crippen molar-refractivity contribution < 1.29 is 18.9 Å². The van der Waals surface area contributed by atoms with Crippen LogP contribution in [-0.4, -0.2) is 3.21 Å². The van der Waals surface area contributed by atoms with E-state index in [1.807, 2.05) is 42.5 Å². The van der Waals surface area contributed by atoms with E-state index in [1.54, 1.807) is 0 Å². The van der Waals surface area contributed by atoms with Crippen molar-refractivity contribution in [3.63, 3.8) is 0 Å². The van der Waals surface area contributed by atoms with Crippen LogP contribution in [0.5, 0.6) is 0 Å². The molecular weight excluding hydrogens is 847 g/mol. The van der Waals surface area contributed by atoms with Gasteiger partial charge in [-0.2, -0.15) is 18.2 Å². The van der Waals surface area contributed by atoms with Gasteiger partial charge in [0.05, 0.1) is 0 Å². The standard InChI is InChI=1S/C37H41.C15H14.C5H5.2ClH.Zr/c1-22-11-23(2)14-26(13-22)32-18-28-17-29-19-33(27-15-24(3)12-25(4)16-27)35(37(8,9)10)21-31(29)30(28)20-34(32)36(5,6)7;1-3-8-14(9-4-1)12-7-13-15-10-5-2-6-11-15;1-2-4-5-3-1;;;/h11-21H,1-10H3;1-6,8-11H,12-13H2;1-5H;2*1H;/q-1;;-1;;;+2/p-2. The summed E-state index contributed by atoms with van der Waals surface area (Å²) in [5.74, 6) is 0. The minimum Gasteiger partial charge on any atom is -0.214 e. The van der Waals surface area contributed by atoms with Crippen LogP contribution in [0.3, 0.4) is 0 Å². The van der Waals surface area contributed by atoms with Crippen LogP contribution in [-0.2, 0) is 42.6 Å². The van der Waals surface area contributed by atoms with Crippen LogP contribution in [0.25, 0.3) is 43.8 Å². The first-order valence-electron chi connectivity index (χ1n) is 21.1. The Labute approximate surface area is 375 Å². The van der Waals surface area contributed by atoms with Gasteiger partial charge in [0.1, 0.15) is 0 Å². The topological polar surface area (TPSA) is 0 Å². The zero-order valence-corrected chi connectivity index (χ0v) is 41.2. The van der Waals surface area contributed by atoms with Gasteiger partial charge < -0.3 is 0 Å². The second-order valence-electron chi connectivity index (χ2n) is 18.5. The molecule has 0 N–H and O–H groups in total. The third-order valence-corrected chi connectivity index (χ3v) is 16.4. The number of halogens is 2. The average molecular weight is 907 g/mol. The van der Waals surface area contributed by atoms with E-state index in [1.165, 1.54) is 91.5 Å². The van der Waals surface area contributed by atoms with Gasteiger partial charge in [-0.1, -0.05) is 112 Å². The fourth-order valence-corrected chi connectivity index (χ4v) is 11.5. The monoisotopic (exact) mass is 904 g/mol.